The number of esters is 1. The van der Waals surface area contributed by atoms with E-state index in [0.29, 0.717) is 78.8 Å². The predicted octanol–water partition coefficient (Wildman–Crippen LogP) is 16.3. The summed E-state index contributed by atoms with van der Waals surface area (Å²) in [6, 6.07) is 72.8. The minimum Gasteiger partial charge on any atom is -0.448 e. The van der Waals surface area contributed by atoms with Crippen molar-refractivity contribution in [3.8, 4) is 0 Å². The van der Waals surface area contributed by atoms with E-state index in [-0.39, 0.29) is 23.7 Å². The fraction of sp³-hybridized carbons (Fsp3) is 0.192. The van der Waals surface area contributed by atoms with Crippen LogP contribution in [0.3, 0.4) is 0 Å². The van der Waals surface area contributed by atoms with Gasteiger partial charge in [-0.05, 0) is 73.1 Å². The van der Waals surface area contributed by atoms with Gasteiger partial charge in [0.05, 0.1) is 6.04 Å². The molecule has 98 heavy (non-hydrogen) atoms. The van der Waals surface area contributed by atoms with Crippen LogP contribution >= 0.6 is 34.9 Å². The number of fused-ring (bicyclic) bond motifs is 1. The fourth-order valence-electron chi connectivity index (χ4n) is 12.2. The number of alkyl halides is 3. The van der Waals surface area contributed by atoms with Crippen molar-refractivity contribution in [2.24, 2.45) is 5.16 Å². The number of benzene rings is 8. The van der Waals surface area contributed by atoms with E-state index in [9.17, 15) is 4.79 Å². The zero-order valence-corrected chi connectivity index (χ0v) is 56.0. The number of rotatable bonds is 24. The molecule has 10 aromatic rings. The Labute approximate surface area is 578 Å². The van der Waals surface area contributed by atoms with Gasteiger partial charge >= 0.3 is 18.2 Å². The van der Waals surface area contributed by atoms with Crippen LogP contribution in [-0.2, 0) is 51.8 Å². The summed E-state index contributed by atoms with van der Waals surface area (Å²) in [5.41, 5.74) is 0.196. The highest BCUT2D eigenvalue weighted by atomic mass is 32.2. The lowest BCUT2D eigenvalue weighted by Gasteiger charge is -2.50. The summed E-state index contributed by atoms with van der Waals surface area (Å²) in [6.45, 7) is 5.71. The van der Waals surface area contributed by atoms with Gasteiger partial charge in [-0.15, -0.1) is 0 Å². The molecule has 8 aromatic carbocycles. The third kappa shape index (κ3) is 14.8. The topological polar surface area (TPSA) is 173 Å². The van der Waals surface area contributed by atoms with E-state index >= 15 is 27.6 Å². The predicted molar refractivity (Wildman–Crippen MR) is 377 cm³/mol. The van der Waals surface area contributed by atoms with Gasteiger partial charge in [0, 0.05) is 56.9 Å². The van der Waals surface area contributed by atoms with Gasteiger partial charge in [0.2, 0.25) is 5.60 Å². The van der Waals surface area contributed by atoms with Gasteiger partial charge in [-0.3, -0.25) is 19.5 Å². The lowest BCUT2D eigenvalue weighted by atomic mass is 9.77. The number of β-lactam (4-membered cyclic amide) rings is 1. The molecule has 2 aliphatic rings. The van der Waals surface area contributed by atoms with Crippen LogP contribution in [0.15, 0.2) is 282 Å². The number of hydrogen-bond donors (Lipinski definition) is 3. The normalized spacial score (nSPS) is 15.0. The summed E-state index contributed by atoms with van der Waals surface area (Å²) in [5.74, 6) is -1.75. The molecule has 3 amide bonds. The maximum absolute atomic E-state index is 16.4. The average Bonchev–Trinajstić information content (AvgIpc) is 0.865. The number of halogens is 3. The number of carbonyl (C=O) groups excluding carboxylic acids is 4. The Morgan fingerprint density at radius 1 is 0.663 bits per heavy atom. The highest BCUT2D eigenvalue weighted by Gasteiger charge is 2.55. The molecule has 2 atom stereocenters. The molecule has 0 aliphatic carbocycles. The Hall–Kier alpha value is -10.3. The highest BCUT2D eigenvalue weighted by Crippen LogP contribution is 2.48. The van der Waals surface area contributed by atoms with Crippen molar-refractivity contribution in [1.29, 1.82) is 0 Å². The number of thioether (sulfide) groups is 2. The number of aromatic nitrogens is 2. The van der Waals surface area contributed by atoms with Crippen LogP contribution in [0, 0.1) is 0 Å². The Balaban J connectivity index is 0.950. The van der Waals surface area contributed by atoms with Crippen LogP contribution < -0.4 is 16.0 Å². The Kier molecular flexibility index (Phi) is 20.7. The van der Waals surface area contributed by atoms with Crippen molar-refractivity contribution in [2.75, 3.05) is 17.6 Å². The molecule has 3 N–H and O–H groups in total. The number of anilines is 1. The number of thiazole rings is 1. The average molecular weight is 1370 g/mol. The summed E-state index contributed by atoms with van der Waals surface area (Å²) < 4.78 is 61.1. The van der Waals surface area contributed by atoms with E-state index in [1.807, 2.05) is 176 Å². The number of pyridine rings is 1. The van der Waals surface area contributed by atoms with Crippen LogP contribution in [0.25, 0.3) is 0 Å². The monoisotopic (exact) mass is 1370 g/mol. The van der Waals surface area contributed by atoms with Crippen molar-refractivity contribution < 1.29 is 46.7 Å². The summed E-state index contributed by atoms with van der Waals surface area (Å²) in [7, 11) is 0. The molecule has 14 nitrogen and oxygen atoms in total. The van der Waals surface area contributed by atoms with E-state index < -0.39 is 81.3 Å². The van der Waals surface area contributed by atoms with Crippen LogP contribution in [0.2, 0.25) is 0 Å². The zero-order chi connectivity index (χ0) is 68.3. The number of oxime groups is 1. The summed E-state index contributed by atoms with van der Waals surface area (Å²) >= 11 is 3.13. The van der Waals surface area contributed by atoms with Gasteiger partial charge in [0.15, 0.2) is 16.9 Å². The molecule has 2 aliphatic heterocycles. The lowest BCUT2D eigenvalue weighted by molar-refractivity contribution is -0.158. The number of amides is 3. The smallest absolute Gasteiger partial charge is 0.427 e. The van der Waals surface area contributed by atoms with Crippen LogP contribution in [0.1, 0.15) is 100 Å². The number of carbonyl (C=O) groups is 4. The van der Waals surface area contributed by atoms with Gasteiger partial charge < -0.3 is 30.3 Å². The van der Waals surface area contributed by atoms with Crippen LogP contribution in [0.4, 0.5) is 23.1 Å². The number of hydrogen-bond acceptors (Lipinski definition) is 14. The largest absolute Gasteiger partial charge is 0.448 e. The van der Waals surface area contributed by atoms with Gasteiger partial charge in [0.25, 0.3) is 11.8 Å². The zero-order valence-electron chi connectivity index (χ0n) is 53.6. The second kappa shape index (κ2) is 30.0. The standard InChI is InChI=1S/C78H68F3N7O7S3/c1-75(2,3)94-74(92)83-48-49-96-51-54-50-82-47-46-62(54)97-63-45-44-61-64(71(90)88(61)67(63)72(91)93-68(52-28-12-4-13-29-52)53-30-14-5-15-31-53)84-70(89)66(87-95-77(58-38-22-9-23-39-58,59-40-24-10-25-41-59)60-42-26-11-27-43-60)65-69(78(79,80)81)98-73(85-65)86-76(55-32-16-6-17-33-55,56-34-18-7-19-35-56)57-36-20-8-21-37-57/h4-43,46-47,50,61,64,68H,44-45,48-49,51H2,1-3H3,(H,83,92)(H,84,89)(H,85,86)/b87-66-/t61-,64+/m1/s1. The Bertz CT molecular complexity index is 4230. The van der Waals surface area contributed by atoms with Crippen LogP contribution in [0.5, 0.6) is 0 Å². The van der Waals surface area contributed by atoms with Crippen LogP contribution in [-0.4, -0.2) is 74.4 Å². The molecule has 1 fully saturated rings. The summed E-state index contributed by atoms with van der Waals surface area (Å²) in [4.78, 5) is 76.5. The molecular formula is C78H68F3N7O7S3. The minimum atomic E-state index is -5.15. The number of nitrogens with one attached hydrogen (secondary N) is 3. The SMILES string of the molecule is CC(C)(C)OC(=O)NCCSCc1cnccc1SC1=C(C(=O)OC(c2ccccc2)c2ccccc2)N2C(=O)[C@@H](NC(=O)/C(=N\OC(c3ccccc3)(c3ccccc3)c3ccccc3)c3nc(NC(c4ccccc4)(c4ccccc4)c4ccccc4)sc3C(F)(F)F)[C@H]2CC1. The van der Waals surface area contributed by atoms with Gasteiger partial charge in [0.1, 0.15) is 33.4 Å². The van der Waals surface area contributed by atoms with Crippen molar-refractivity contribution >= 4 is 69.6 Å². The highest BCUT2D eigenvalue weighted by molar-refractivity contribution is 8.03. The molecule has 0 saturated carbocycles. The molecule has 0 unspecified atom stereocenters. The van der Waals surface area contributed by atoms with E-state index in [4.69, 9.17) is 19.3 Å². The third-order valence-electron chi connectivity index (χ3n) is 16.6. The third-order valence-corrected chi connectivity index (χ3v) is 19.9. The van der Waals surface area contributed by atoms with Gasteiger partial charge in [-0.1, -0.05) is 271 Å². The number of ether oxygens (including phenoxy) is 2. The molecule has 20 heteroatoms. The molecule has 2 aromatic heterocycles. The molecule has 0 radical (unpaired) electrons. The molecule has 1 saturated heterocycles. The molecular weight excluding hydrogens is 1300 g/mol. The fourth-order valence-corrected chi connectivity index (χ4v) is 15.2. The summed E-state index contributed by atoms with van der Waals surface area (Å²) in [6.07, 6.45) is -2.84. The molecule has 0 bridgehead atoms. The molecule has 12 rings (SSSR count). The van der Waals surface area contributed by atoms with Gasteiger partial charge in [-0.2, -0.15) is 24.9 Å². The van der Waals surface area contributed by atoms with Crippen molar-refractivity contribution in [3.63, 3.8) is 0 Å². The number of allylic oxidation sites excluding steroid dienone is 1. The van der Waals surface area contributed by atoms with Crippen molar-refractivity contribution in [3.05, 3.63) is 332 Å². The lowest BCUT2D eigenvalue weighted by Crippen LogP contribution is -2.72. The second-order valence-corrected chi connectivity index (χ2v) is 27.4. The molecule has 4 heterocycles. The quantitative estimate of drug-likeness (QED) is 0.0131. The maximum Gasteiger partial charge on any atom is 0.427 e. The molecule has 496 valence electrons. The summed E-state index contributed by atoms with van der Waals surface area (Å²) in [5, 5.41) is 13.5. The first-order valence-corrected chi connectivity index (χ1v) is 34.6. The minimum absolute atomic E-state index is 0.0560. The van der Waals surface area contributed by atoms with Gasteiger partial charge in [-0.25, -0.2) is 14.6 Å². The van der Waals surface area contributed by atoms with E-state index in [2.05, 4.69) is 26.1 Å². The van der Waals surface area contributed by atoms with E-state index in [1.165, 1.54) is 16.7 Å². The Morgan fingerprint density at radius 2 is 1.14 bits per heavy atom. The number of nitrogens with zero attached hydrogens (tertiary/aromatic N) is 4. The maximum atomic E-state index is 16.4. The van der Waals surface area contributed by atoms with Crippen molar-refractivity contribution in [1.82, 2.24) is 25.5 Å². The van der Waals surface area contributed by atoms with E-state index in [1.54, 1.807) is 118 Å². The number of alkyl carbamates (subject to hydrolysis) is 1. The first-order valence-electron chi connectivity index (χ1n) is 31.8. The van der Waals surface area contributed by atoms with E-state index in [0.717, 1.165) is 10.5 Å². The first-order chi connectivity index (χ1) is 47.5. The Morgan fingerprint density at radius 3 is 1.62 bits per heavy atom. The first kappa shape index (κ1) is 67.7. The molecule has 0 spiro atoms. The van der Waals surface area contributed by atoms with Crippen molar-refractivity contribution in [2.45, 2.75) is 85.4 Å². The second-order valence-electron chi connectivity index (χ2n) is 24.2.